The number of anilines is 1. The van der Waals surface area contributed by atoms with E-state index in [-0.39, 0.29) is 29.3 Å². The molecule has 7 nitrogen and oxygen atoms in total. The van der Waals surface area contributed by atoms with Gasteiger partial charge in [-0.25, -0.2) is 8.78 Å². The second-order valence-electron chi connectivity index (χ2n) is 8.99. The predicted octanol–water partition coefficient (Wildman–Crippen LogP) is 3.74. The number of hydrazone groups is 1. The van der Waals surface area contributed by atoms with Crippen molar-refractivity contribution in [2.45, 2.75) is 44.4 Å². The Labute approximate surface area is 206 Å². The van der Waals surface area contributed by atoms with Crippen LogP contribution in [0.5, 0.6) is 0 Å². The highest BCUT2D eigenvalue weighted by Gasteiger charge is 2.50. The fraction of sp³-hybridized carbons (Fsp3) is 0.400. The first kappa shape index (κ1) is 23.6. The number of carbonyl (C=O) groups excluding carboxylic acids is 2. The molecule has 0 bridgehead atoms. The molecule has 1 saturated heterocycles. The van der Waals surface area contributed by atoms with Crippen molar-refractivity contribution in [3.05, 3.63) is 65.7 Å². The lowest BCUT2D eigenvalue weighted by atomic mass is 9.81. The molecule has 3 unspecified atom stereocenters. The summed E-state index contributed by atoms with van der Waals surface area (Å²) in [6, 6.07) is 13.0. The zero-order valence-corrected chi connectivity index (χ0v) is 19.9. The van der Waals surface area contributed by atoms with Crippen LogP contribution < -0.4 is 10.7 Å². The van der Waals surface area contributed by atoms with Gasteiger partial charge in [-0.15, -0.1) is 0 Å². The number of carbonyl (C=O) groups is 2. The van der Waals surface area contributed by atoms with Crippen LogP contribution in [-0.4, -0.2) is 51.4 Å². The third-order valence-electron chi connectivity index (χ3n) is 6.76. The molecule has 1 saturated carbocycles. The van der Waals surface area contributed by atoms with Crippen LogP contribution in [0.2, 0.25) is 0 Å². The largest absolute Gasteiger partial charge is 0.323 e. The molecular weight excluding hydrogens is 472 g/mol. The Morgan fingerprint density at radius 2 is 1.94 bits per heavy atom. The summed E-state index contributed by atoms with van der Waals surface area (Å²) in [5.74, 6) is -1.75. The van der Waals surface area contributed by atoms with E-state index in [2.05, 4.69) is 32.9 Å². The quantitative estimate of drug-likeness (QED) is 0.633. The molecule has 3 atom stereocenters. The van der Waals surface area contributed by atoms with Crippen molar-refractivity contribution in [3.63, 3.8) is 0 Å². The summed E-state index contributed by atoms with van der Waals surface area (Å²) >= 11 is 1.23. The fourth-order valence-electron chi connectivity index (χ4n) is 5.09. The van der Waals surface area contributed by atoms with Gasteiger partial charge in [-0.2, -0.15) is 5.10 Å². The highest BCUT2D eigenvalue weighted by Crippen LogP contribution is 2.38. The van der Waals surface area contributed by atoms with Gasteiger partial charge in [0.05, 0.1) is 17.4 Å². The molecule has 2 amide bonds. The summed E-state index contributed by atoms with van der Waals surface area (Å²) in [5.41, 5.74) is 4.07. The summed E-state index contributed by atoms with van der Waals surface area (Å²) in [7, 11) is 0. The molecule has 2 heterocycles. The lowest BCUT2D eigenvalue weighted by molar-refractivity contribution is -0.155. The van der Waals surface area contributed by atoms with Gasteiger partial charge < -0.3 is 15.1 Å². The van der Waals surface area contributed by atoms with E-state index in [1.165, 1.54) is 11.8 Å². The van der Waals surface area contributed by atoms with E-state index in [4.69, 9.17) is 0 Å². The minimum Gasteiger partial charge on any atom is -0.323 e. The van der Waals surface area contributed by atoms with E-state index in [1.807, 2.05) is 23.1 Å². The number of benzene rings is 2. The number of halogens is 2. The van der Waals surface area contributed by atoms with E-state index < -0.39 is 23.8 Å². The van der Waals surface area contributed by atoms with Gasteiger partial charge in [0, 0.05) is 18.7 Å². The zero-order chi connectivity index (χ0) is 24.4. The topological polar surface area (TPSA) is 77.0 Å². The molecular formula is C25H27F2N5O2S. The predicted molar refractivity (Wildman–Crippen MR) is 131 cm³/mol. The summed E-state index contributed by atoms with van der Waals surface area (Å²) < 4.78 is 27.3. The molecule has 2 N–H and O–H groups in total. The van der Waals surface area contributed by atoms with Gasteiger partial charge in [0.15, 0.2) is 11.5 Å². The van der Waals surface area contributed by atoms with Gasteiger partial charge in [0.2, 0.25) is 11.8 Å². The first-order chi connectivity index (χ1) is 17.0. The van der Waals surface area contributed by atoms with E-state index in [0.717, 1.165) is 55.9 Å². The molecule has 2 fully saturated rings. The van der Waals surface area contributed by atoms with Crippen LogP contribution in [0, 0.1) is 17.6 Å². The van der Waals surface area contributed by atoms with Crippen molar-refractivity contribution >= 4 is 34.4 Å². The lowest BCUT2D eigenvalue weighted by Crippen LogP contribution is -2.67. The Balaban J connectivity index is 1.27. The number of thioether (sulfide) groups is 1. The van der Waals surface area contributed by atoms with Crippen LogP contribution in [0.15, 0.2) is 53.6 Å². The molecule has 35 heavy (non-hydrogen) atoms. The third kappa shape index (κ3) is 4.98. The third-order valence-corrected chi connectivity index (χ3v) is 7.73. The lowest BCUT2D eigenvalue weighted by Gasteiger charge is -2.50. The van der Waals surface area contributed by atoms with Crippen LogP contribution in [-0.2, 0) is 16.0 Å². The molecule has 0 aromatic heterocycles. The number of amides is 2. The zero-order valence-electron chi connectivity index (χ0n) is 19.1. The van der Waals surface area contributed by atoms with Gasteiger partial charge in [0.25, 0.3) is 0 Å². The van der Waals surface area contributed by atoms with Gasteiger partial charge in [-0.05, 0) is 37.0 Å². The average Bonchev–Trinajstić information content (AvgIpc) is 3.29. The van der Waals surface area contributed by atoms with Crippen molar-refractivity contribution in [2.75, 3.05) is 17.6 Å². The smallest absolute Gasteiger partial charge is 0.234 e. The maximum atomic E-state index is 13.9. The van der Waals surface area contributed by atoms with Crippen molar-refractivity contribution in [2.24, 2.45) is 11.0 Å². The fourth-order valence-corrected chi connectivity index (χ4v) is 5.92. The molecule has 5 rings (SSSR count). The summed E-state index contributed by atoms with van der Waals surface area (Å²) in [5, 5.41) is 7.53. The van der Waals surface area contributed by atoms with E-state index in [9.17, 15) is 18.4 Å². The van der Waals surface area contributed by atoms with E-state index in [1.54, 1.807) is 0 Å². The Morgan fingerprint density at radius 1 is 1.14 bits per heavy atom. The van der Waals surface area contributed by atoms with Crippen molar-refractivity contribution in [3.8, 4) is 0 Å². The van der Waals surface area contributed by atoms with Crippen molar-refractivity contribution < 1.29 is 18.4 Å². The highest BCUT2D eigenvalue weighted by molar-refractivity contribution is 8.14. The number of rotatable bonds is 6. The number of amidine groups is 1. The molecule has 2 aliphatic heterocycles. The molecule has 0 spiro atoms. The van der Waals surface area contributed by atoms with Gasteiger partial charge >= 0.3 is 0 Å². The summed E-state index contributed by atoms with van der Waals surface area (Å²) in [6.07, 6.45) is 4.13. The van der Waals surface area contributed by atoms with E-state index >= 15 is 0 Å². The minimum atomic E-state index is -0.696. The normalized spacial score (nSPS) is 23.3. The number of nitrogens with zero attached hydrogens (tertiary/aromatic N) is 3. The summed E-state index contributed by atoms with van der Waals surface area (Å²) in [4.78, 5) is 29.9. The standard InChI is InChI=1S/C25H27F2N5O2S/c26-17-10-11-19(27)20(14-17)28-22(33)15-35-25-30-29-24-31(13-12-16-6-2-1-3-7-16)23(34)18-8-4-5-9-21(18)32(24)25/h1-3,6-7,10-11,14,18,21,24,29H,4-5,8-9,12-13,15H2,(H,28,33). The summed E-state index contributed by atoms with van der Waals surface area (Å²) in [6.45, 7) is 0.563. The van der Waals surface area contributed by atoms with Crippen LogP contribution in [0.25, 0.3) is 0 Å². The maximum absolute atomic E-state index is 13.9. The van der Waals surface area contributed by atoms with Gasteiger partial charge in [-0.3, -0.25) is 15.0 Å². The molecule has 3 aliphatic rings. The first-order valence-electron chi connectivity index (χ1n) is 11.8. The average molecular weight is 500 g/mol. The van der Waals surface area contributed by atoms with Crippen LogP contribution in [0.3, 0.4) is 0 Å². The molecule has 1 aliphatic carbocycles. The molecule has 10 heteroatoms. The number of hydrogen-bond donors (Lipinski definition) is 2. The van der Waals surface area contributed by atoms with Crippen molar-refractivity contribution in [1.82, 2.24) is 15.2 Å². The Hall–Kier alpha value is -3.14. The second-order valence-corrected chi connectivity index (χ2v) is 9.93. The number of hydrogen-bond acceptors (Lipinski definition) is 6. The number of fused-ring (bicyclic) bond motifs is 3. The monoisotopic (exact) mass is 499 g/mol. The van der Waals surface area contributed by atoms with Crippen molar-refractivity contribution in [1.29, 1.82) is 0 Å². The van der Waals surface area contributed by atoms with Gasteiger partial charge in [-0.1, -0.05) is 54.9 Å². The number of nitrogens with one attached hydrogen (secondary N) is 2. The highest BCUT2D eigenvalue weighted by atomic mass is 32.2. The van der Waals surface area contributed by atoms with E-state index in [0.29, 0.717) is 11.7 Å². The molecule has 2 aromatic carbocycles. The Kier molecular flexibility index (Phi) is 6.90. The van der Waals surface area contributed by atoms with Crippen LogP contribution in [0.4, 0.5) is 14.5 Å². The maximum Gasteiger partial charge on any atom is 0.234 e. The SMILES string of the molecule is O=C(CSC1=NNC2N(CCc3ccccc3)C(=O)C3CCCCC3N12)Nc1cc(F)ccc1F. The molecule has 184 valence electrons. The van der Waals surface area contributed by atoms with Crippen LogP contribution >= 0.6 is 11.8 Å². The van der Waals surface area contributed by atoms with Crippen LogP contribution in [0.1, 0.15) is 31.2 Å². The first-order valence-corrected chi connectivity index (χ1v) is 12.8. The Morgan fingerprint density at radius 3 is 2.77 bits per heavy atom. The molecule has 2 aromatic rings. The Bertz CT molecular complexity index is 1130. The minimum absolute atomic E-state index is 0.0188. The van der Waals surface area contributed by atoms with Gasteiger partial charge in [0.1, 0.15) is 11.6 Å². The molecule has 0 radical (unpaired) electrons. The second kappa shape index (κ2) is 10.2.